The Kier molecular flexibility index (Phi) is 3.76. The summed E-state index contributed by atoms with van der Waals surface area (Å²) in [6.07, 6.45) is 2.63. The summed E-state index contributed by atoms with van der Waals surface area (Å²) in [5.74, 6) is -0.138. The Labute approximate surface area is 77.6 Å². The van der Waals surface area contributed by atoms with Crippen molar-refractivity contribution in [3.63, 3.8) is 0 Å². The molecule has 1 atom stereocenters. The van der Waals surface area contributed by atoms with Crippen LogP contribution in [-0.2, 0) is 9.53 Å². The Hall–Kier alpha value is -1.03. The molecule has 0 aromatic rings. The molecule has 13 heavy (non-hydrogen) atoms. The van der Waals surface area contributed by atoms with Crippen molar-refractivity contribution in [1.29, 1.82) is 0 Å². The third kappa shape index (κ3) is 3.46. The lowest BCUT2D eigenvalue weighted by atomic mass is 10.1. The summed E-state index contributed by atoms with van der Waals surface area (Å²) in [5.41, 5.74) is 0.659. The summed E-state index contributed by atoms with van der Waals surface area (Å²) < 4.78 is 5.02. The van der Waals surface area contributed by atoms with E-state index in [-0.39, 0.29) is 12.5 Å². The molecule has 0 fully saturated rings. The quantitative estimate of drug-likeness (QED) is 0.659. The topological polar surface area (TPSA) is 58.6 Å². The molecule has 0 aliphatic carbocycles. The van der Waals surface area contributed by atoms with Crippen LogP contribution in [0.5, 0.6) is 0 Å². The van der Waals surface area contributed by atoms with Gasteiger partial charge in [0.2, 0.25) is 5.91 Å². The lowest BCUT2D eigenvalue weighted by Gasteiger charge is -2.13. The molecule has 0 spiro atoms. The maximum absolute atomic E-state index is 11.3. The Morgan fingerprint density at radius 2 is 2.62 bits per heavy atom. The SMILES string of the molecule is C[C@H](O)CNC(=O)C1=COCCC1. The number of carbonyl (C=O) groups is 1. The predicted molar refractivity (Wildman–Crippen MR) is 48.0 cm³/mol. The average Bonchev–Trinajstić information content (AvgIpc) is 2.15. The summed E-state index contributed by atoms with van der Waals surface area (Å²) in [4.78, 5) is 11.3. The summed E-state index contributed by atoms with van der Waals surface area (Å²) in [7, 11) is 0. The number of nitrogens with one attached hydrogen (secondary N) is 1. The summed E-state index contributed by atoms with van der Waals surface area (Å²) in [6.45, 7) is 2.61. The molecule has 4 heteroatoms. The number of aliphatic hydroxyl groups excluding tert-OH is 1. The number of hydrogen-bond acceptors (Lipinski definition) is 3. The molecule has 0 unspecified atom stereocenters. The average molecular weight is 185 g/mol. The van der Waals surface area contributed by atoms with Gasteiger partial charge in [-0.1, -0.05) is 0 Å². The third-order valence-corrected chi connectivity index (χ3v) is 1.78. The zero-order valence-electron chi connectivity index (χ0n) is 7.75. The van der Waals surface area contributed by atoms with Crippen molar-refractivity contribution >= 4 is 5.91 Å². The van der Waals surface area contributed by atoms with E-state index in [1.807, 2.05) is 0 Å². The normalized spacial score (nSPS) is 18.5. The molecule has 1 aliphatic rings. The van der Waals surface area contributed by atoms with Crippen molar-refractivity contribution < 1.29 is 14.6 Å². The Balaban J connectivity index is 2.34. The van der Waals surface area contributed by atoms with Gasteiger partial charge in [0, 0.05) is 6.54 Å². The van der Waals surface area contributed by atoms with Crippen LogP contribution in [0.2, 0.25) is 0 Å². The molecule has 1 heterocycles. The van der Waals surface area contributed by atoms with E-state index in [4.69, 9.17) is 9.84 Å². The van der Waals surface area contributed by atoms with Crippen LogP contribution < -0.4 is 5.32 Å². The van der Waals surface area contributed by atoms with Gasteiger partial charge in [-0.3, -0.25) is 4.79 Å². The highest BCUT2D eigenvalue weighted by molar-refractivity contribution is 5.93. The molecule has 0 saturated carbocycles. The van der Waals surface area contributed by atoms with Crippen LogP contribution >= 0.6 is 0 Å². The first-order valence-electron chi connectivity index (χ1n) is 4.47. The smallest absolute Gasteiger partial charge is 0.250 e. The molecular weight excluding hydrogens is 170 g/mol. The van der Waals surface area contributed by atoms with E-state index < -0.39 is 6.10 Å². The molecule has 0 saturated heterocycles. The van der Waals surface area contributed by atoms with E-state index in [1.165, 1.54) is 6.26 Å². The van der Waals surface area contributed by atoms with Gasteiger partial charge in [-0.05, 0) is 19.8 Å². The molecule has 2 N–H and O–H groups in total. The predicted octanol–water partition coefficient (Wildman–Crippen LogP) is 0.178. The van der Waals surface area contributed by atoms with Crippen LogP contribution in [-0.4, -0.2) is 30.3 Å². The van der Waals surface area contributed by atoms with Gasteiger partial charge in [0.05, 0.1) is 24.5 Å². The number of amides is 1. The maximum atomic E-state index is 11.3. The molecule has 0 aromatic heterocycles. The molecular formula is C9H15NO3. The van der Waals surface area contributed by atoms with Crippen molar-refractivity contribution in [2.45, 2.75) is 25.9 Å². The number of hydrogen-bond donors (Lipinski definition) is 2. The van der Waals surface area contributed by atoms with E-state index in [9.17, 15) is 4.79 Å². The number of ether oxygens (including phenoxy) is 1. The van der Waals surface area contributed by atoms with Crippen molar-refractivity contribution in [2.75, 3.05) is 13.2 Å². The van der Waals surface area contributed by atoms with Crippen LogP contribution in [0.15, 0.2) is 11.8 Å². The second kappa shape index (κ2) is 4.87. The molecule has 4 nitrogen and oxygen atoms in total. The fraction of sp³-hybridized carbons (Fsp3) is 0.667. The van der Waals surface area contributed by atoms with Gasteiger partial charge in [0.15, 0.2) is 0 Å². The highest BCUT2D eigenvalue weighted by Gasteiger charge is 2.12. The minimum absolute atomic E-state index is 0.138. The second-order valence-corrected chi connectivity index (χ2v) is 3.18. The van der Waals surface area contributed by atoms with E-state index in [0.29, 0.717) is 12.2 Å². The van der Waals surface area contributed by atoms with Crippen molar-refractivity contribution in [1.82, 2.24) is 5.32 Å². The van der Waals surface area contributed by atoms with Gasteiger partial charge >= 0.3 is 0 Å². The minimum Gasteiger partial charge on any atom is -0.501 e. The van der Waals surface area contributed by atoms with Crippen LogP contribution in [0.3, 0.4) is 0 Å². The molecule has 0 radical (unpaired) electrons. The Bertz CT molecular complexity index is 211. The second-order valence-electron chi connectivity index (χ2n) is 3.18. The summed E-state index contributed by atoms with van der Waals surface area (Å²) in [5, 5.41) is 11.5. The lowest BCUT2D eigenvalue weighted by molar-refractivity contribution is -0.118. The number of carbonyl (C=O) groups excluding carboxylic acids is 1. The van der Waals surface area contributed by atoms with Crippen molar-refractivity contribution in [2.24, 2.45) is 0 Å². The van der Waals surface area contributed by atoms with Gasteiger partial charge in [0.25, 0.3) is 0 Å². The molecule has 0 aromatic carbocycles. The molecule has 0 bridgehead atoms. The van der Waals surface area contributed by atoms with E-state index in [2.05, 4.69) is 5.32 Å². The Morgan fingerprint density at radius 1 is 1.85 bits per heavy atom. The fourth-order valence-corrected chi connectivity index (χ4v) is 1.09. The summed E-state index contributed by atoms with van der Waals surface area (Å²) >= 11 is 0. The lowest BCUT2D eigenvalue weighted by Crippen LogP contribution is -2.32. The van der Waals surface area contributed by atoms with Crippen LogP contribution in [0.25, 0.3) is 0 Å². The van der Waals surface area contributed by atoms with Gasteiger partial charge in [-0.2, -0.15) is 0 Å². The molecule has 74 valence electrons. The monoisotopic (exact) mass is 185 g/mol. The van der Waals surface area contributed by atoms with E-state index >= 15 is 0 Å². The fourth-order valence-electron chi connectivity index (χ4n) is 1.09. The van der Waals surface area contributed by atoms with Gasteiger partial charge in [-0.15, -0.1) is 0 Å². The van der Waals surface area contributed by atoms with Crippen LogP contribution in [0.4, 0.5) is 0 Å². The Morgan fingerprint density at radius 3 is 3.15 bits per heavy atom. The van der Waals surface area contributed by atoms with Crippen molar-refractivity contribution in [3.05, 3.63) is 11.8 Å². The van der Waals surface area contributed by atoms with Gasteiger partial charge in [-0.25, -0.2) is 0 Å². The van der Waals surface area contributed by atoms with Crippen LogP contribution in [0, 0.1) is 0 Å². The van der Waals surface area contributed by atoms with Crippen LogP contribution in [0.1, 0.15) is 19.8 Å². The van der Waals surface area contributed by atoms with Crippen molar-refractivity contribution in [3.8, 4) is 0 Å². The van der Waals surface area contributed by atoms with Gasteiger partial charge < -0.3 is 15.2 Å². The molecule has 1 amide bonds. The highest BCUT2D eigenvalue weighted by Crippen LogP contribution is 2.11. The van der Waals surface area contributed by atoms with Gasteiger partial charge in [0.1, 0.15) is 0 Å². The van der Waals surface area contributed by atoms with E-state index in [1.54, 1.807) is 6.92 Å². The molecule has 1 rings (SSSR count). The largest absolute Gasteiger partial charge is 0.501 e. The highest BCUT2D eigenvalue weighted by atomic mass is 16.5. The zero-order chi connectivity index (χ0) is 9.68. The number of rotatable bonds is 3. The first-order valence-corrected chi connectivity index (χ1v) is 4.47. The summed E-state index contributed by atoms with van der Waals surface area (Å²) in [6, 6.07) is 0. The standard InChI is InChI=1S/C9H15NO3/c1-7(11)5-10-9(12)8-3-2-4-13-6-8/h6-7,11H,2-5H2,1H3,(H,10,12)/t7-/m0/s1. The first-order chi connectivity index (χ1) is 6.20. The first kappa shape index (κ1) is 10.1. The zero-order valence-corrected chi connectivity index (χ0v) is 7.75. The minimum atomic E-state index is -0.506. The number of aliphatic hydroxyl groups is 1. The third-order valence-electron chi connectivity index (χ3n) is 1.78. The van der Waals surface area contributed by atoms with E-state index in [0.717, 1.165) is 12.8 Å². The maximum Gasteiger partial charge on any atom is 0.250 e. The molecule has 1 aliphatic heterocycles.